The number of ether oxygens (including phenoxy) is 1. The minimum atomic E-state index is -1.17. The summed E-state index contributed by atoms with van der Waals surface area (Å²) < 4.78 is 6.63. The first kappa shape index (κ1) is 25.3. The van der Waals surface area contributed by atoms with Crippen molar-refractivity contribution in [3.05, 3.63) is 105 Å². The molecule has 188 valence electrons. The van der Waals surface area contributed by atoms with Gasteiger partial charge in [-0.3, -0.25) is 13.9 Å². The van der Waals surface area contributed by atoms with Gasteiger partial charge in [-0.2, -0.15) is 11.3 Å². The largest absolute Gasteiger partial charge is 0.497 e. The van der Waals surface area contributed by atoms with Gasteiger partial charge in [0.15, 0.2) is 5.78 Å². The Morgan fingerprint density at radius 3 is 2.51 bits per heavy atom. The topological polar surface area (TPSA) is 62.7 Å². The number of amides is 1. The zero-order chi connectivity index (χ0) is 26.2. The summed E-state index contributed by atoms with van der Waals surface area (Å²) in [5.41, 5.74) is 1.55. The fourth-order valence-corrected chi connectivity index (χ4v) is 6.12. The summed E-state index contributed by atoms with van der Waals surface area (Å²) in [6.07, 6.45) is 0.0115. The van der Waals surface area contributed by atoms with Gasteiger partial charge >= 0.3 is 0 Å². The van der Waals surface area contributed by atoms with Gasteiger partial charge in [0, 0.05) is 24.2 Å². The molecule has 0 spiro atoms. The summed E-state index contributed by atoms with van der Waals surface area (Å²) in [4.78, 5) is 34.4. The summed E-state index contributed by atoms with van der Waals surface area (Å²) in [6.45, 7) is 0. The fraction of sp³-hybridized carbons (Fsp3) is 0.179. The van der Waals surface area contributed by atoms with Gasteiger partial charge in [0.2, 0.25) is 5.91 Å². The number of piperidine rings is 1. The lowest BCUT2D eigenvalue weighted by Gasteiger charge is -2.45. The van der Waals surface area contributed by atoms with Gasteiger partial charge in [-0.25, -0.2) is 4.98 Å². The summed E-state index contributed by atoms with van der Waals surface area (Å²) in [5, 5.41) is 4.22. The molecule has 0 N–H and O–H groups in total. The van der Waals surface area contributed by atoms with Crippen LogP contribution in [0.3, 0.4) is 0 Å². The van der Waals surface area contributed by atoms with Crippen molar-refractivity contribution >= 4 is 58.9 Å². The molecule has 2 aromatic heterocycles. The maximum absolute atomic E-state index is 13.8. The smallest absolute Gasteiger partial charge is 0.248 e. The Labute approximate surface area is 230 Å². The molecule has 3 heterocycles. The van der Waals surface area contributed by atoms with Crippen LogP contribution in [0.15, 0.2) is 83.6 Å². The number of ketones is 1. The number of rotatable bonds is 6. The highest BCUT2D eigenvalue weighted by Crippen LogP contribution is 2.48. The fourth-order valence-electron chi connectivity index (χ4n) is 4.74. The monoisotopic (exact) mass is 549 g/mol. The molecular formula is C28H24ClN3O3S2. The first-order valence-electron chi connectivity index (χ1n) is 11.5. The van der Waals surface area contributed by atoms with E-state index < -0.39 is 17.4 Å². The van der Waals surface area contributed by atoms with E-state index >= 15 is 0 Å². The van der Waals surface area contributed by atoms with Crippen molar-refractivity contribution in [1.82, 2.24) is 9.29 Å². The van der Waals surface area contributed by atoms with Crippen LogP contribution in [0.4, 0.5) is 11.5 Å². The lowest BCUT2D eigenvalue weighted by Crippen LogP contribution is -2.54. The number of anilines is 2. The third kappa shape index (κ3) is 4.39. The third-order valence-corrected chi connectivity index (χ3v) is 8.31. The number of halogens is 1. The van der Waals surface area contributed by atoms with E-state index in [0.717, 1.165) is 17.0 Å². The molecular weight excluding hydrogens is 526 g/mol. The average molecular weight is 550 g/mol. The quantitative estimate of drug-likeness (QED) is 0.228. The molecule has 9 heteroatoms. The Hall–Kier alpha value is -3.33. The van der Waals surface area contributed by atoms with Gasteiger partial charge in [-0.15, -0.1) is 0 Å². The molecule has 6 nitrogen and oxygen atoms in total. The number of carbonyl (C=O) groups is 2. The maximum Gasteiger partial charge on any atom is 0.248 e. The van der Waals surface area contributed by atoms with E-state index in [1.165, 1.54) is 15.6 Å². The molecule has 2 aromatic carbocycles. The maximum atomic E-state index is 13.8. The zero-order valence-corrected chi connectivity index (χ0v) is 22.6. The van der Waals surface area contributed by atoms with E-state index in [1.807, 2.05) is 71.2 Å². The third-order valence-electron chi connectivity index (χ3n) is 6.75. The molecule has 2 atom stereocenters. The molecule has 0 radical (unpaired) electrons. The lowest BCUT2D eigenvalue weighted by atomic mass is 9.75. The molecule has 5 rings (SSSR count). The summed E-state index contributed by atoms with van der Waals surface area (Å²) in [5.74, 6) is -0.275. The van der Waals surface area contributed by atoms with Gasteiger partial charge in [-0.05, 0) is 70.4 Å². The summed E-state index contributed by atoms with van der Waals surface area (Å²) in [6, 6.07) is 22.1. The number of nitrogens with zero attached hydrogens (tertiary/aromatic N) is 3. The number of Topliss-reactive ketones (excluding diaryl/α,β-unsaturated/α-hetero) is 1. The highest BCUT2D eigenvalue weighted by molar-refractivity contribution is 7.78. The number of aromatic nitrogens is 1. The van der Waals surface area contributed by atoms with Crippen LogP contribution in [0.2, 0.25) is 5.02 Å². The second-order valence-corrected chi connectivity index (χ2v) is 10.3. The lowest BCUT2D eigenvalue weighted by molar-refractivity contribution is -0.142. The average Bonchev–Trinajstić information content (AvgIpc) is 3.47. The zero-order valence-electron chi connectivity index (χ0n) is 20.2. The molecule has 1 fully saturated rings. The molecule has 0 saturated carbocycles. The Morgan fingerprint density at radius 1 is 1.08 bits per heavy atom. The number of benzene rings is 2. The van der Waals surface area contributed by atoms with Crippen molar-refractivity contribution in [3.8, 4) is 5.75 Å². The molecule has 1 aliphatic rings. The van der Waals surface area contributed by atoms with Crippen molar-refractivity contribution < 1.29 is 14.3 Å². The van der Waals surface area contributed by atoms with Crippen LogP contribution in [0.25, 0.3) is 0 Å². The second-order valence-electron chi connectivity index (χ2n) is 8.76. The molecule has 2 unspecified atom stereocenters. The second kappa shape index (κ2) is 10.2. The van der Waals surface area contributed by atoms with Crippen LogP contribution < -0.4 is 9.64 Å². The SMILES string of the molecule is COc1ccc(N(C)c2cccc(C3(c4ccsc4)CC(=O)C(c4ccccc4Cl)C(=O)N3S)n2)cc1. The Morgan fingerprint density at radius 2 is 1.84 bits per heavy atom. The van der Waals surface area contributed by atoms with E-state index in [9.17, 15) is 9.59 Å². The Kier molecular flexibility index (Phi) is 6.98. The van der Waals surface area contributed by atoms with Crippen LogP contribution >= 0.6 is 35.8 Å². The number of carbonyl (C=O) groups excluding carboxylic acids is 2. The van der Waals surface area contributed by atoms with E-state index in [1.54, 1.807) is 31.4 Å². The Bertz CT molecular complexity index is 1450. The van der Waals surface area contributed by atoms with Crippen molar-refractivity contribution in [2.45, 2.75) is 17.9 Å². The number of thiophene rings is 1. The van der Waals surface area contributed by atoms with E-state index in [0.29, 0.717) is 22.1 Å². The first-order valence-corrected chi connectivity index (χ1v) is 13.3. The number of thiol groups is 1. The van der Waals surface area contributed by atoms with Crippen LogP contribution in [-0.2, 0) is 15.1 Å². The molecule has 37 heavy (non-hydrogen) atoms. The highest BCUT2D eigenvalue weighted by Gasteiger charge is 2.53. The van der Waals surface area contributed by atoms with Crippen LogP contribution in [-0.4, -0.2) is 35.1 Å². The number of hydrogen-bond acceptors (Lipinski definition) is 7. The first-order chi connectivity index (χ1) is 17.9. The van der Waals surface area contributed by atoms with Crippen LogP contribution in [0.5, 0.6) is 5.75 Å². The Balaban J connectivity index is 1.59. The molecule has 1 aliphatic heterocycles. The minimum Gasteiger partial charge on any atom is -0.497 e. The predicted octanol–water partition coefficient (Wildman–Crippen LogP) is 6.25. The molecule has 0 bridgehead atoms. The van der Waals surface area contributed by atoms with Gasteiger partial charge in [0.05, 0.1) is 12.8 Å². The molecule has 1 amide bonds. The van der Waals surface area contributed by atoms with Gasteiger partial charge in [0.25, 0.3) is 0 Å². The predicted molar refractivity (Wildman–Crippen MR) is 150 cm³/mol. The van der Waals surface area contributed by atoms with Crippen molar-refractivity contribution in [2.24, 2.45) is 0 Å². The molecule has 4 aromatic rings. The van der Waals surface area contributed by atoms with Crippen molar-refractivity contribution in [3.63, 3.8) is 0 Å². The van der Waals surface area contributed by atoms with E-state index in [2.05, 4.69) is 0 Å². The molecule has 0 aliphatic carbocycles. The van der Waals surface area contributed by atoms with Gasteiger partial charge in [0.1, 0.15) is 23.0 Å². The van der Waals surface area contributed by atoms with Crippen molar-refractivity contribution in [2.75, 3.05) is 19.1 Å². The van der Waals surface area contributed by atoms with Crippen LogP contribution in [0.1, 0.15) is 29.2 Å². The van der Waals surface area contributed by atoms with Gasteiger partial charge < -0.3 is 9.64 Å². The van der Waals surface area contributed by atoms with Crippen molar-refractivity contribution in [1.29, 1.82) is 0 Å². The summed E-state index contributed by atoms with van der Waals surface area (Å²) in [7, 11) is 3.54. The standard InChI is InChI=1S/C28H24ClN3O3S2/c1-31(19-10-12-20(35-2)13-11-19)25-9-5-8-24(30-25)28(18-14-15-37-17-18)16-23(33)26(27(34)32(28)36)21-6-3-4-7-22(21)29/h3-15,17,26,36H,16H2,1-2H3. The highest BCUT2D eigenvalue weighted by atomic mass is 35.5. The van der Waals surface area contributed by atoms with Crippen LogP contribution in [0, 0.1) is 0 Å². The van der Waals surface area contributed by atoms with E-state index in [-0.39, 0.29) is 12.2 Å². The summed E-state index contributed by atoms with van der Waals surface area (Å²) >= 11 is 12.6. The number of hydrogen-bond donors (Lipinski definition) is 1. The molecule has 1 saturated heterocycles. The normalized spacial score (nSPS) is 19.7. The minimum absolute atomic E-state index is 0.0115. The number of methoxy groups -OCH3 is 1. The van der Waals surface area contributed by atoms with E-state index in [4.69, 9.17) is 34.1 Å². The van der Waals surface area contributed by atoms with Gasteiger partial charge in [-0.1, -0.05) is 48.7 Å². The number of pyridine rings is 1.